The summed E-state index contributed by atoms with van der Waals surface area (Å²) in [5, 5.41) is 5.26. The van der Waals surface area contributed by atoms with E-state index in [0.717, 1.165) is 56.1 Å². The number of hydrogen-bond donors (Lipinski definition) is 2. The second kappa shape index (κ2) is 6.78. The Labute approximate surface area is 165 Å². The summed E-state index contributed by atoms with van der Waals surface area (Å²) in [5.41, 5.74) is 10.9. The summed E-state index contributed by atoms with van der Waals surface area (Å²) in [7, 11) is 1.68. The molecule has 0 unspecified atom stereocenters. The van der Waals surface area contributed by atoms with Gasteiger partial charge >= 0.3 is 0 Å². The third-order valence-electron chi connectivity index (χ3n) is 4.92. The zero-order valence-corrected chi connectivity index (χ0v) is 16.2. The Kier molecular flexibility index (Phi) is 4.11. The van der Waals surface area contributed by atoms with Crippen LogP contribution < -0.4 is 10.5 Å². The molecule has 0 bridgehead atoms. The van der Waals surface area contributed by atoms with Crippen LogP contribution in [0.3, 0.4) is 0 Å². The molecular weight excluding hydrogens is 370 g/mol. The molecule has 3 N–H and O–H groups in total. The van der Waals surface area contributed by atoms with E-state index < -0.39 is 0 Å². The second-order valence-electron chi connectivity index (χ2n) is 6.55. The Balaban J connectivity index is 1.65. The molecule has 6 nitrogen and oxygen atoms in total. The summed E-state index contributed by atoms with van der Waals surface area (Å²) in [4.78, 5) is 12.5. The lowest BCUT2D eigenvalue weighted by molar-refractivity contribution is 0.415. The molecule has 0 saturated carbocycles. The molecule has 140 valence electrons. The van der Waals surface area contributed by atoms with Crippen molar-refractivity contribution >= 4 is 33.3 Å². The summed E-state index contributed by atoms with van der Waals surface area (Å²) in [6.07, 6.45) is 5.89. The Bertz CT molecular complexity index is 1280. The van der Waals surface area contributed by atoms with E-state index in [1.807, 2.05) is 18.3 Å². The van der Waals surface area contributed by atoms with Gasteiger partial charge in [0.25, 0.3) is 0 Å². The Morgan fingerprint density at radius 3 is 3.00 bits per heavy atom. The van der Waals surface area contributed by atoms with Crippen LogP contribution in [-0.4, -0.2) is 33.2 Å². The molecule has 7 heteroatoms. The Morgan fingerprint density at radius 1 is 1.21 bits per heavy atom. The van der Waals surface area contributed by atoms with Crippen LogP contribution in [0.5, 0.6) is 5.75 Å². The van der Waals surface area contributed by atoms with Gasteiger partial charge in [0.05, 0.1) is 12.8 Å². The lowest BCUT2D eigenvalue weighted by Crippen LogP contribution is -2.08. The zero-order valence-electron chi connectivity index (χ0n) is 15.3. The van der Waals surface area contributed by atoms with Crippen LogP contribution >= 0.6 is 11.3 Å². The highest BCUT2D eigenvalue weighted by Crippen LogP contribution is 2.37. The number of fused-ring (bicyclic) bond motifs is 2. The normalized spacial score (nSPS) is 11.5. The zero-order chi connectivity index (χ0) is 19.1. The minimum absolute atomic E-state index is 0.584. The van der Waals surface area contributed by atoms with E-state index >= 15 is 0 Å². The maximum Gasteiger partial charge on any atom is 0.137 e. The maximum absolute atomic E-state index is 5.81. The van der Waals surface area contributed by atoms with Gasteiger partial charge in [-0.15, -0.1) is 11.3 Å². The molecule has 5 rings (SSSR count). The van der Waals surface area contributed by atoms with E-state index in [1.54, 1.807) is 24.6 Å². The van der Waals surface area contributed by atoms with Gasteiger partial charge in [0.15, 0.2) is 0 Å². The minimum atomic E-state index is 0.584. The number of aromatic amines is 1. The molecule has 0 aliphatic carbocycles. The van der Waals surface area contributed by atoms with E-state index in [0.29, 0.717) is 6.54 Å². The molecule has 0 atom stereocenters. The van der Waals surface area contributed by atoms with E-state index in [-0.39, 0.29) is 0 Å². The molecule has 0 spiro atoms. The van der Waals surface area contributed by atoms with Crippen LogP contribution in [0.15, 0.2) is 54.3 Å². The highest BCUT2D eigenvalue weighted by molar-refractivity contribution is 7.13. The summed E-state index contributed by atoms with van der Waals surface area (Å²) in [6.45, 7) is 1.34. The van der Waals surface area contributed by atoms with Gasteiger partial charge in [-0.1, -0.05) is 0 Å². The SMILES string of the molecule is COc1ccc2c(c1)c(-c1nc(-c3c[nH]c4ncccc34)cs1)cn2CCN. The van der Waals surface area contributed by atoms with Crippen molar-refractivity contribution in [3.63, 3.8) is 0 Å². The molecule has 4 aromatic heterocycles. The van der Waals surface area contributed by atoms with Crippen molar-refractivity contribution in [2.75, 3.05) is 13.7 Å². The number of H-pyrrole nitrogens is 1. The predicted molar refractivity (Wildman–Crippen MR) is 114 cm³/mol. The van der Waals surface area contributed by atoms with Gasteiger partial charge in [0.2, 0.25) is 0 Å². The maximum atomic E-state index is 5.81. The summed E-state index contributed by atoms with van der Waals surface area (Å²) < 4.78 is 7.61. The van der Waals surface area contributed by atoms with Crippen LogP contribution in [0.2, 0.25) is 0 Å². The van der Waals surface area contributed by atoms with Gasteiger partial charge < -0.3 is 20.0 Å². The quantitative estimate of drug-likeness (QED) is 0.470. The molecule has 0 saturated heterocycles. The summed E-state index contributed by atoms with van der Waals surface area (Å²) in [6, 6.07) is 10.1. The van der Waals surface area contributed by atoms with Crippen LogP contribution in [0.1, 0.15) is 0 Å². The average molecular weight is 389 g/mol. The first-order valence-electron chi connectivity index (χ1n) is 9.04. The number of ether oxygens (including phenoxy) is 1. The van der Waals surface area contributed by atoms with Crippen molar-refractivity contribution in [1.29, 1.82) is 0 Å². The van der Waals surface area contributed by atoms with Gasteiger partial charge in [-0.2, -0.15) is 0 Å². The minimum Gasteiger partial charge on any atom is -0.497 e. The molecule has 0 aliphatic rings. The fourth-order valence-electron chi connectivity index (χ4n) is 3.59. The number of pyridine rings is 1. The first-order valence-corrected chi connectivity index (χ1v) is 9.92. The molecule has 0 radical (unpaired) electrons. The lowest BCUT2D eigenvalue weighted by Gasteiger charge is -2.03. The van der Waals surface area contributed by atoms with Crippen molar-refractivity contribution in [3.05, 3.63) is 54.3 Å². The van der Waals surface area contributed by atoms with Crippen LogP contribution in [-0.2, 0) is 6.54 Å². The van der Waals surface area contributed by atoms with Crippen LogP contribution in [0.25, 0.3) is 43.8 Å². The molecule has 0 aliphatic heterocycles. The summed E-state index contributed by atoms with van der Waals surface area (Å²) >= 11 is 1.64. The average Bonchev–Trinajstić information content (AvgIpc) is 3.44. The number of hydrogen-bond acceptors (Lipinski definition) is 5. The number of nitrogens with one attached hydrogen (secondary N) is 1. The highest BCUT2D eigenvalue weighted by atomic mass is 32.1. The molecule has 0 fully saturated rings. The molecule has 5 aromatic rings. The molecular formula is C21H19N5OS. The van der Waals surface area contributed by atoms with Crippen molar-refractivity contribution in [3.8, 4) is 27.6 Å². The third kappa shape index (κ3) is 2.67. The van der Waals surface area contributed by atoms with Gasteiger partial charge in [0, 0.05) is 64.5 Å². The van der Waals surface area contributed by atoms with Crippen molar-refractivity contribution in [1.82, 2.24) is 19.5 Å². The molecule has 4 heterocycles. The van der Waals surface area contributed by atoms with Crippen molar-refractivity contribution < 1.29 is 4.74 Å². The number of rotatable bonds is 5. The Morgan fingerprint density at radius 2 is 2.14 bits per heavy atom. The lowest BCUT2D eigenvalue weighted by atomic mass is 10.1. The summed E-state index contributed by atoms with van der Waals surface area (Å²) in [5.74, 6) is 0.832. The number of aromatic nitrogens is 4. The first-order chi connectivity index (χ1) is 13.8. The molecule has 0 amide bonds. The van der Waals surface area contributed by atoms with E-state index in [2.05, 4.69) is 44.3 Å². The number of methoxy groups -OCH3 is 1. The second-order valence-corrected chi connectivity index (χ2v) is 7.41. The number of nitrogens with zero attached hydrogens (tertiary/aromatic N) is 3. The number of nitrogens with two attached hydrogens (primary N) is 1. The fourth-order valence-corrected chi connectivity index (χ4v) is 4.43. The Hall–Kier alpha value is -3.16. The highest BCUT2D eigenvalue weighted by Gasteiger charge is 2.16. The van der Waals surface area contributed by atoms with E-state index in [4.69, 9.17) is 15.5 Å². The standard InChI is InChI=1S/C21H19N5OS/c1-27-13-4-5-19-15(9-13)17(11-26(19)8-6-22)21-25-18(12-28-21)16-10-24-20-14(16)3-2-7-23-20/h2-5,7,9-12H,6,8,22H2,1H3,(H,23,24). The van der Waals surface area contributed by atoms with Crippen molar-refractivity contribution in [2.24, 2.45) is 5.73 Å². The predicted octanol–water partition coefficient (Wildman–Crippen LogP) is 4.28. The monoisotopic (exact) mass is 389 g/mol. The van der Waals surface area contributed by atoms with Crippen molar-refractivity contribution in [2.45, 2.75) is 6.54 Å². The topological polar surface area (TPSA) is 81.8 Å². The molecule has 28 heavy (non-hydrogen) atoms. The number of thiazole rings is 1. The largest absolute Gasteiger partial charge is 0.497 e. The van der Waals surface area contributed by atoms with Gasteiger partial charge in [-0.25, -0.2) is 9.97 Å². The van der Waals surface area contributed by atoms with Gasteiger partial charge in [-0.05, 0) is 30.3 Å². The smallest absolute Gasteiger partial charge is 0.137 e. The fraction of sp³-hybridized carbons (Fsp3) is 0.143. The number of benzene rings is 1. The van der Waals surface area contributed by atoms with E-state index in [1.165, 1.54) is 0 Å². The van der Waals surface area contributed by atoms with Crippen LogP contribution in [0, 0.1) is 0 Å². The third-order valence-corrected chi connectivity index (χ3v) is 5.80. The molecule has 1 aromatic carbocycles. The van der Waals surface area contributed by atoms with Crippen LogP contribution in [0.4, 0.5) is 0 Å². The van der Waals surface area contributed by atoms with E-state index in [9.17, 15) is 0 Å². The van der Waals surface area contributed by atoms with Gasteiger partial charge in [-0.3, -0.25) is 0 Å². The first kappa shape index (κ1) is 17.0. The van der Waals surface area contributed by atoms with Gasteiger partial charge in [0.1, 0.15) is 16.4 Å².